The van der Waals surface area contributed by atoms with Crippen molar-refractivity contribution in [3.63, 3.8) is 0 Å². The summed E-state index contributed by atoms with van der Waals surface area (Å²) in [6, 6.07) is 17.7. The van der Waals surface area contributed by atoms with Crippen molar-refractivity contribution in [2.45, 2.75) is 38.2 Å². The highest BCUT2D eigenvalue weighted by Gasteiger charge is 2.19. The van der Waals surface area contributed by atoms with Crippen molar-refractivity contribution in [1.29, 1.82) is 0 Å². The van der Waals surface area contributed by atoms with Gasteiger partial charge in [0.15, 0.2) is 11.4 Å². The van der Waals surface area contributed by atoms with Crippen molar-refractivity contribution in [2.24, 2.45) is 0 Å². The fraction of sp³-hybridized carbons (Fsp3) is 0.258. The molecule has 0 saturated carbocycles. The van der Waals surface area contributed by atoms with Crippen LogP contribution in [0.2, 0.25) is 10.0 Å². The maximum atomic E-state index is 13.8. The van der Waals surface area contributed by atoms with Gasteiger partial charge < -0.3 is 20.1 Å². The van der Waals surface area contributed by atoms with Crippen LogP contribution in [0.5, 0.6) is 11.5 Å². The number of amides is 1. The molecule has 0 radical (unpaired) electrons. The Morgan fingerprint density at radius 1 is 1.02 bits per heavy atom. The Labute approximate surface area is 247 Å². The van der Waals surface area contributed by atoms with E-state index < -0.39 is 5.56 Å². The minimum Gasteiger partial charge on any atom is -0.453 e. The Kier molecular flexibility index (Phi) is 7.96. The lowest BCUT2D eigenvalue weighted by Gasteiger charge is -2.16. The Morgan fingerprint density at radius 3 is 2.73 bits per heavy atom. The Balaban J connectivity index is 1.32. The standard InChI is InChI=1S/C31H28Cl2N4O4/c32-26-12-10-23(16-27(26)33)37-31(39)29(28(18-35-37)41-24-11-9-19-4-1-5-20(19)15-24)36-22-7-2-6-21(14-22)30(38)34-17-25-8-3-13-40-25/h2,6-7,9-12,14-16,18,25,36H,1,3-5,8,13,17H2,(H,34,38)/t25-/m1/s1. The quantitative estimate of drug-likeness (QED) is 0.244. The fourth-order valence-corrected chi connectivity index (χ4v) is 5.46. The van der Waals surface area contributed by atoms with E-state index in [9.17, 15) is 9.59 Å². The average molecular weight is 591 g/mol. The molecule has 1 saturated heterocycles. The van der Waals surface area contributed by atoms with Gasteiger partial charge in [-0.15, -0.1) is 0 Å². The van der Waals surface area contributed by atoms with Gasteiger partial charge in [-0.1, -0.05) is 35.3 Å². The van der Waals surface area contributed by atoms with Gasteiger partial charge in [-0.2, -0.15) is 9.78 Å². The SMILES string of the molecule is O=C(NC[C@H]1CCCO1)c1cccc(Nc2c(Oc3ccc4c(c3)CCC4)cnn(-c3ccc(Cl)c(Cl)c3)c2=O)c1. The molecule has 1 aromatic heterocycles. The second kappa shape index (κ2) is 11.9. The number of rotatable bonds is 8. The number of carbonyl (C=O) groups is 1. The number of nitrogens with zero attached hydrogens (tertiary/aromatic N) is 2. The monoisotopic (exact) mass is 590 g/mol. The normalized spacial score (nSPS) is 15.9. The van der Waals surface area contributed by atoms with Crippen LogP contribution in [0.25, 0.3) is 5.69 Å². The van der Waals surface area contributed by atoms with E-state index in [1.807, 2.05) is 12.1 Å². The molecule has 3 aromatic carbocycles. The van der Waals surface area contributed by atoms with Crippen molar-refractivity contribution >= 4 is 40.5 Å². The van der Waals surface area contributed by atoms with Gasteiger partial charge in [0.1, 0.15) is 5.75 Å². The number of aryl methyl sites for hydroxylation is 2. The van der Waals surface area contributed by atoms with Gasteiger partial charge in [0, 0.05) is 24.4 Å². The zero-order valence-corrected chi connectivity index (χ0v) is 23.7. The summed E-state index contributed by atoms with van der Waals surface area (Å²) in [6.07, 6.45) is 6.62. The number of anilines is 2. The van der Waals surface area contributed by atoms with E-state index in [4.69, 9.17) is 32.7 Å². The van der Waals surface area contributed by atoms with Crippen LogP contribution in [0.3, 0.4) is 0 Å². The maximum Gasteiger partial charge on any atom is 0.299 e. The van der Waals surface area contributed by atoms with E-state index in [0.29, 0.717) is 39.3 Å². The molecule has 1 fully saturated rings. The first-order chi connectivity index (χ1) is 19.9. The third-order valence-electron chi connectivity index (χ3n) is 7.30. The summed E-state index contributed by atoms with van der Waals surface area (Å²) >= 11 is 12.3. The maximum absolute atomic E-state index is 13.8. The second-order valence-corrected chi connectivity index (χ2v) is 11.0. The Hall–Kier alpha value is -3.85. The summed E-state index contributed by atoms with van der Waals surface area (Å²) in [5.74, 6) is 0.642. The number of hydrogen-bond donors (Lipinski definition) is 2. The first-order valence-corrected chi connectivity index (χ1v) is 14.3. The smallest absolute Gasteiger partial charge is 0.299 e. The minimum atomic E-state index is -0.463. The van der Waals surface area contributed by atoms with Crippen molar-refractivity contribution in [1.82, 2.24) is 15.1 Å². The molecular weight excluding hydrogens is 563 g/mol. The van der Waals surface area contributed by atoms with E-state index in [1.54, 1.807) is 42.5 Å². The molecule has 10 heteroatoms. The summed E-state index contributed by atoms with van der Waals surface area (Å²) in [4.78, 5) is 26.7. The van der Waals surface area contributed by atoms with Gasteiger partial charge in [-0.05, 0) is 91.8 Å². The van der Waals surface area contributed by atoms with E-state index in [-0.39, 0.29) is 23.4 Å². The van der Waals surface area contributed by atoms with Crippen LogP contribution in [0, 0.1) is 0 Å². The number of fused-ring (bicyclic) bond motifs is 1. The third kappa shape index (κ3) is 6.10. The summed E-state index contributed by atoms with van der Waals surface area (Å²) in [5, 5.41) is 11.1. The highest BCUT2D eigenvalue weighted by molar-refractivity contribution is 6.42. The highest BCUT2D eigenvalue weighted by atomic mass is 35.5. The Bertz CT molecular complexity index is 1670. The molecule has 0 spiro atoms. The van der Waals surface area contributed by atoms with Gasteiger partial charge in [0.25, 0.3) is 11.5 Å². The summed E-state index contributed by atoms with van der Waals surface area (Å²) < 4.78 is 13.0. The second-order valence-electron chi connectivity index (χ2n) is 10.1. The first-order valence-electron chi connectivity index (χ1n) is 13.6. The zero-order chi connectivity index (χ0) is 28.3. The number of hydrogen-bond acceptors (Lipinski definition) is 6. The lowest BCUT2D eigenvalue weighted by Crippen LogP contribution is -2.31. The van der Waals surface area contributed by atoms with Crippen LogP contribution < -0.4 is 20.9 Å². The summed E-state index contributed by atoms with van der Waals surface area (Å²) in [5.41, 5.74) is 3.69. The molecule has 6 rings (SSSR count). The predicted molar refractivity (Wildman–Crippen MR) is 159 cm³/mol. The van der Waals surface area contributed by atoms with Gasteiger partial charge >= 0.3 is 0 Å². The van der Waals surface area contributed by atoms with E-state index in [1.165, 1.54) is 22.0 Å². The largest absolute Gasteiger partial charge is 0.453 e. The van der Waals surface area contributed by atoms with Crippen LogP contribution in [-0.2, 0) is 17.6 Å². The molecule has 1 amide bonds. The molecule has 4 aromatic rings. The lowest BCUT2D eigenvalue weighted by molar-refractivity contribution is 0.0858. The van der Waals surface area contributed by atoms with Crippen molar-refractivity contribution < 1.29 is 14.3 Å². The molecule has 2 N–H and O–H groups in total. The molecule has 1 aliphatic carbocycles. The van der Waals surface area contributed by atoms with Crippen LogP contribution in [0.1, 0.15) is 40.7 Å². The fourth-order valence-electron chi connectivity index (χ4n) is 5.17. The number of nitrogens with one attached hydrogen (secondary N) is 2. The number of ether oxygens (including phenoxy) is 2. The van der Waals surface area contributed by atoms with Crippen LogP contribution >= 0.6 is 23.2 Å². The van der Waals surface area contributed by atoms with Gasteiger partial charge in [-0.25, -0.2) is 0 Å². The number of carbonyl (C=O) groups excluding carboxylic acids is 1. The summed E-state index contributed by atoms with van der Waals surface area (Å²) in [6.45, 7) is 1.18. The molecule has 210 valence electrons. The van der Waals surface area contributed by atoms with Crippen molar-refractivity contribution in [3.05, 3.63) is 104 Å². The molecular formula is C31H28Cl2N4O4. The van der Waals surface area contributed by atoms with Crippen LogP contribution in [0.4, 0.5) is 11.4 Å². The topological polar surface area (TPSA) is 94.5 Å². The van der Waals surface area contributed by atoms with E-state index in [2.05, 4.69) is 21.8 Å². The predicted octanol–water partition coefficient (Wildman–Crippen LogP) is 6.47. The average Bonchev–Trinajstić information content (AvgIpc) is 3.67. The zero-order valence-electron chi connectivity index (χ0n) is 22.2. The van der Waals surface area contributed by atoms with Gasteiger partial charge in [0.2, 0.25) is 0 Å². The molecule has 8 nitrogen and oxygen atoms in total. The minimum absolute atomic E-state index is 0.0378. The first kappa shape index (κ1) is 27.3. The molecule has 2 heterocycles. The van der Waals surface area contributed by atoms with Gasteiger partial charge in [0.05, 0.1) is 28.0 Å². The Morgan fingerprint density at radius 2 is 1.90 bits per heavy atom. The number of aromatic nitrogens is 2. The number of halogens is 2. The molecule has 0 unspecified atom stereocenters. The van der Waals surface area contributed by atoms with E-state index >= 15 is 0 Å². The van der Waals surface area contributed by atoms with Crippen molar-refractivity contribution in [2.75, 3.05) is 18.5 Å². The van der Waals surface area contributed by atoms with E-state index in [0.717, 1.165) is 38.7 Å². The molecule has 41 heavy (non-hydrogen) atoms. The molecule has 0 bridgehead atoms. The summed E-state index contributed by atoms with van der Waals surface area (Å²) in [7, 11) is 0. The lowest BCUT2D eigenvalue weighted by atomic mass is 10.1. The van der Waals surface area contributed by atoms with Crippen LogP contribution in [0.15, 0.2) is 71.7 Å². The van der Waals surface area contributed by atoms with Gasteiger partial charge in [-0.3, -0.25) is 9.59 Å². The molecule has 2 aliphatic rings. The van der Waals surface area contributed by atoms with Crippen molar-refractivity contribution in [3.8, 4) is 17.2 Å². The molecule has 1 aliphatic heterocycles. The van der Waals surface area contributed by atoms with Crippen LogP contribution in [-0.4, -0.2) is 34.9 Å². The third-order valence-corrected chi connectivity index (χ3v) is 8.04. The highest BCUT2D eigenvalue weighted by Crippen LogP contribution is 2.33. The molecule has 1 atom stereocenters. The number of benzene rings is 3.